The number of aromatic amines is 2. The summed E-state index contributed by atoms with van der Waals surface area (Å²) in [7, 11) is 0. The van der Waals surface area contributed by atoms with Crippen molar-refractivity contribution in [3.05, 3.63) is 42.4 Å². The van der Waals surface area contributed by atoms with E-state index in [2.05, 4.69) is 55.8 Å². The van der Waals surface area contributed by atoms with Gasteiger partial charge in [-0.05, 0) is 24.3 Å². The summed E-state index contributed by atoms with van der Waals surface area (Å²) in [5.41, 5.74) is 4.45. The zero-order valence-corrected chi connectivity index (χ0v) is 10.7. The van der Waals surface area contributed by atoms with Crippen LogP contribution in [0.2, 0.25) is 0 Å². The molecule has 20 heavy (non-hydrogen) atoms. The van der Waals surface area contributed by atoms with Crippen LogP contribution in [-0.2, 0) is 0 Å². The number of hydrogen-bond acceptors (Lipinski definition) is 4. The van der Waals surface area contributed by atoms with Gasteiger partial charge in [-0.2, -0.15) is 10.3 Å². The molecule has 3 aromatic heterocycles. The standard InChI is InChI=1S/C13H11N7/c1-8-2-3-12-10(4-8)11(6-14-12)9-5-15-20(7-9)13-16-18-19-17-13/h2-7,14H,1H3,(H,16,17,18,19). The Kier molecular flexibility index (Phi) is 2.19. The van der Waals surface area contributed by atoms with Gasteiger partial charge in [0.2, 0.25) is 0 Å². The van der Waals surface area contributed by atoms with Crippen LogP contribution in [0.1, 0.15) is 5.56 Å². The van der Waals surface area contributed by atoms with Gasteiger partial charge in [-0.1, -0.05) is 16.7 Å². The maximum absolute atomic E-state index is 4.26. The fourth-order valence-corrected chi connectivity index (χ4v) is 2.30. The van der Waals surface area contributed by atoms with E-state index in [1.54, 1.807) is 10.9 Å². The predicted molar refractivity (Wildman–Crippen MR) is 73.3 cm³/mol. The number of fused-ring (bicyclic) bond motifs is 1. The van der Waals surface area contributed by atoms with Crippen LogP contribution in [0.4, 0.5) is 0 Å². The minimum absolute atomic E-state index is 0.423. The smallest absolute Gasteiger partial charge is 0.290 e. The molecular formula is C13H11N7. The molecule has 7 heteroatoms. The zero-order valence-electron chi connectivity index (χ0n) is 10.7. The van der Waals surface area contributed by atoms with Crippen LogP contribution in [0, 0.1) is 6.92 Å². The summed E-state index contributed by atoms with van der Waals surface area (Å²) in [4.78, 5) is 3.27. The SMILES string of the molecule is Cc1ccc2[nH]cc(-c3cnn(-c4nn[nH]n4)c3)c2c1. The lowest BCUT2D eigenvalue weighted by molar-refractivity contribution is 0.812. The third-order valence-electron chi connectivity index (χ3n) is 3.27. The quantitative estimate of drug-likeness (QED) is 0.579. The minimum atomic E-state index is 0.423. The fraction of sp³-hybridized carbons (Fsp3) is 0.0769. The second kappa shape index (κ2) is 4.02. The van der Waals surface area contributed by atoms with E-state index in [4.69, 9.17) is 0 Å². The van der Waals surface area contributed by atoms with Crippen molar-refractivity contribution < 1.29 is 0 Å². The van der Waals surface area contributed by atoms with Crippen LogP contribution >= 0.6 is 0 Å². The van der Waals surface area contributed by atoms with Crippen molar-refractivity contribution in [1.29, 1.82) is 0 Å². The van der Waals surface area contributed by atoms with Gasteiger partial charge in [0.25, 0.3) is 5.95 Å². The van der Waals surface area contributed by atoms with Crippen LogP contribution in [0.25, 0.3) is 28.0 Å². The molecule has 0 aliphatic heterocycles. The van der Waals surface area contributed by atoms with Gasteiger partial charge in [0.05, 0.1) is 6.20 Å². The molecule has 0 aliphatic carbocycles. The first-order chi connectivity index (χ1) is 9.81. The van der Waals surface area contributed by atoms with Crippen molar-refractivity contribution in [1.82, 2.24) is 35.4 Å². The van der Waals surface area contributed by atoms with Gasteiger partial charge in [0, 0.05) is 34.4 Å². The van der Waals surface area contributed by atoms with Gasteiger partial charge in [0.1, 0.15) is 0 Å². The summed E-state index contributed by atoms with van der Waals surface area (Å²) in [6, 6.07) is 6.33. The van der Waals surface area contributed by atoms with Gasteiger partial charge in [-0.25, -0.2) is 4.68 Å². The summed E-state index contributed by atoms with van der Waals surface area (Å²) in [6.07, 6.45) is 5.67. The zero-order chi connectivity index (χ0) is 13.5. The molecule has 0 amide bonds. The Bertz CT molecular complexity index is 869. The first-order valence-electron chi connectivity index (χ1n) is 6.18. The summed E-state index contributed by atoms with van der Waals surface area (Å²) in [6.45, 7) is 2.08. The van der Waals surface area contributed by atoms with Crippen molar-refractivity contribution >= 4 is 10.9 Å². The van der Waals surface area contributed by atoms with Gasteiger partial charge in [-0.15, -0.1) is 5.10 Å². The van der Waals surface area contributed by atoms with Crippen molar-refractivity contribution in [3.8, 4) is 17.1 Å². The van der Waals surface area contributed by atoms with Crippen molar-refractivity contribution in [2.24, 2.45) is 0 Å². The molecule has 0 saturated carbocycles. The molecule has 4 aromatic rings. The van der Waals surface area contributed by atoms with Gasteiger partial charge >= 0.3 is 0 Å². The number of hydrogen-bond donors (Lipinski definition) is 2. The highest BCUT2D eigenvalue weighted by molar-refractivity contribution is 5.95. The van der Waals surface area contributed by atoms with Crippen molar-refractivity contribution in [2.75, 3.05) is 0 Å². The third kappa shape index (κ3) is 1.60. The maximum atomic E-state index is 4.26. The highest BCUT2D eigenvalue weighted by Gasteiger charge is 2.10. The van der Waals surface area contributed by atoms with E-state index in [9.17, 15) is 0 Å². The average molecular weight is 265 g/mol. The van der Waals surface area contributed by atoms with Gasteiger partial charge < -0.3 is 4.98 Å². The Hall–Kier alpha value is -2.96. The largest absolute Gasteiger partial charge is 0.361 e. The number of H-pyrrole nitrogens is 2. The van der Waals surface area contributed by atoms with E-state index in [0.717, 1.165) is 16.6 Å². The molecule has 0 spiro atoms. The molecule has 0 fully saturated rings. The van der Waals surface area contributed by atoms with E-state index in [1.165, 1.54) is 10.9 Å². The Morgan fingerprint density at radius 2 is 2.20 bits per heavy atom. The Balaban J connectivity index is 1.85. The molecule has 0 saturated heterocycles. The number of aryl methyl sites for hydroxylation is 1. The number of benzene rings is 1. The summed E-state index contributed by atoms with van der Waals surface area (Å²) in [5.74, 6) is 0.423. The van der Waals surface area contributed by atoms with Crippen molar-refractivity contribution in [2.45, 2.75) is 6.92 Å². The molecule has 0 radical (unpaired) electrons. The predicted octanol–water partition coefficient (Wildman–Crippen LogP) is 1.84. The van der Waals surface area contributed by atoms with Gasteiger partial charge in [0.15, 0.2) is 0 Å². The molecule has 0 bridgehead atoms. The number of nitrogens with zero attached hydrogens (tertiary/aromatic N) is 5. The lowest BCUT2D eigenvalue weighted by Gasteiger charge is -1.96. The lowest BCUT2D eigenvalue weighted by Crippen LogP contribution is -1.96. The summed E-state index contributed by atoms with van der Waals surface area (Å²) >= 11 is 0. The number of aromatic nitrogens is 7. The lowest BCUT2D eigenvalue weighted by atomic mass is 10.1. The Morgan fingerprint density at radius 1 is 1.25 bits per heavy atom. The van der Waals surface area contributed by atoms with E-state index in [0.29, 0.717) is 5.95 Å². The van der Waals surface area contributed by atoms with E-state index in [-0.39, 0.29) is 0 Å². The first kappa shape index (κ1) is 10.9. The molecule has 98 valence electrons. The first-order valence-corrected chi connectivity index (χ1v) is 6.18. The van der Waals surface area contributed by atoms with Crippen LogP contribution in [-0.4, -0.2) is 35.4 Å². The number of rotatable bonds is 2. The summed E-state index contributed by atoms with van der Waals surface area (Å²) < 4.78 is 1.59. The molecule has 4 rings (SSSR count). The molecule has 1 aromatic carbocycles. The molecule has 0 atom stereocenters. The van der Waals surface area contributed by atoms with Crippen LogP contribution in [0.3, 0.4) is 0 Å². The highest BCUT2D eigenvalue weighted by atomic mass is 15.5. The molecule has 3 heterocycles. The molecule has 7 nitrogen and oxygen atoms in total. The van der Waals surface area contributed by atoms with Crippen molar-refractivity contribution in [3.63, 3.8) is 0 Å². The van der Waals surface area contributed by atoms with E-state index in [1.807, 2.05) is 12.4 Å². The third-order valence-corrected chi connectivity index (χ3v) is 3.27. The fourth-order valence-electron chi connectivity index (χ4n) is 2.30. The average Bonchev–Trinajstić information content (AvgIpc) is 3.17. The van der Waals surface area contributed by atoms with Gasteiger partial charge in [-0.3, -0.25) is 0 Å². The van der Waals surface area contributed by atoms with Crippen LogP contribution in [0.15, 0.2) is 36.8 Å². The minimum Gasteiger partial charge on any atom is -0.361 e. The number of nitrogens with one attached hydrogen (secondary N) is 2. The van der Waals surface area contributed by atoms with E-state index >= 15 is 0 Å². The van der Waals surface area contributed by atoms with E-state index < -0.39 is 0 Å². The second-order valence-corrected chi connectivity index (χ2v) is 4.64. The molecular weight excluding hydrogens is 254 g/mol. The number of tetrazole rings is 1. The summed E-state index contributed by atoms with van der Waals surface area (Å²) in [5, 5.41) is 19.2. The highest BCUT2D eigenvalue weighted by Crippen LogP contribution is 2.29. The van der Waals surface area contributed by atoms with Crippen LogP contribution in [0.5, 0.6) is 0 Å². The monoisotopic (exact) mass is 265 g/mol. The molecule has 0 aliphatic rings. The second-order valence-electron chi connectivity index (χ2n) is 4.64. The Labute approximate surface area is 113 Å². The molecule has 0 unspecified atom stereocenters. The normalized spacial score (nSPS) is 11.2. The topological polar surface area (TPSA) is 88.1 Å². The maximum Gasteiger partial charge on any atom is 0.290 e. The Morgan fingerprint density at radius 3 is 3.05 bits per heavy atom. The van der Waals surface area contributed by atoms with Crippen LogP contribution < -0.4 is 0 Å². The molecule has 2 N–H and O–H groups in total.